The van der Waals surface area contributed by atoms with Crippen LogP contribution < -0.4 is 5.32 Å². The zero-order valence-electron chi connectivity index (χ0n) is 17.0. The molecule has 0 radical (unpaired) electrons. The Morgan fingerprint density at radius 3 is 2.69 bits per heavy atom. The zero-order chi connectivity index (χ0) is 19.1. The Labute approximate surface area is 159 Å². The molecule has 1 fully saturated rings. The molecule has 2 rings (SSSR count). The summed E-state index contributed by atoms with van der Waals surface area (Å²) in [4.78, 5) is 4.81. The van der Waals surface area contributed by atoms with E-state index in [-0.39, 0.29) is 6.04 Å². The molecule has 2 heteroatoms. The minimum Gasteiger partial charge on any atom is -0.376 e. The van der Waals surface area contributed by atoms with E-state index in [1.165, 1.54) is 35.3 Å². The van der Waals surface area contributed by atoms with Crippen LogP contribution in [0.2, 0.25) is 0 Å². The van der Waals surface area contributed by atoms with Crippen LogP contribution in [0.15, 0.2) is 70.2 Å². The third-order valence-corrected chi connectivity index (χ3v) is 5.12. The summed E-state index contributed by atoms with van der Waals surface area (Å²) < 4.78 is 0. The molecule has 2 aliphatic rings. The number of rotatable bonds is 9. The number of hydrogen-bond acceptors (Lipinski definition) is 2. The lowest BCUT2D eigenvalue weighted by Gasteiger charge is -2.22. The van der Waals surface area contributed by atoms with Gasteiger partial charge >= 0.3 is 0 Å². The first-order chi connectivity index (χ1) is 12.4. The SMILES string of the molecule is C=C(C)CCCC1=CC=C=C(C)C(NC(=C)/C(=C/C)N=C(C)C2CC2)C1. The van der Waals surface area contributed by atoms with Gasteiger partial charge < -0.3 is 5.32 Å². The van der Waals surface area contributed by atoms with E-state index < -0.39 is 0 Å². The minimum atomic E-state index is 0.226. The summed E-state index contributed by atoms with van der Waals surface area (Å²) in [5.41, 5.74) is 10.4. The molecule has 0 aromatic heterocycles. The van der Waals surface area contributed by atoms with Crippen LogP contribution >= 0.6 is 0 Å². The molecule has 1 saturated carbocycles. The van der Waals surface area contributed by atoms with Crippen LogP contribution in [0.4, 0.5) is 0 Å². The molecular weight excluding hydrogens is 316 g/mol. The maximum Gasteiger partial charge on any atom is 0.0811 e. The second kappa shape index (κ2) is 9.59. The number of aliphatic imine (C=N–C) groups is 1. The average molecular weight is 351 g/mol. The van der Waals surface area contributed by atoms with Gasteiger partial charge in [-0.3, -0.25) is 4.99 Å². The van der Waals surface area contributed by atoms with Crippen LogP contribution in [-0.4, -0.2) is 11.8 Å². The molecule has 0 spiro atoms. The average Bonchev–Trinajstić information content (AvgIpc) is 3.42. The molecule has 2 aliphatic carbocycles. The first-order valence-electron chi connectivity index (χ1n) is 9.83. The molecule has 1 unspecified atom stereocenters. The van der Waals surface area contributed by atoms with Crippen molar-refractivity contribution >= 4 is 5.71 Å². The van der Waals surface area contributed by atoms with Crippen molar-refractivity contribution in [3.8, 4) is 0 Å². The Bertz CT molecular complexity index is 704. The fraction of sp³-hybridized carbons (Fsp3) is 0.500. The Morgan fingerprint density at radius 1 is 1.35 bits per heavy atom. The maximum absolute atomic E-state index is 4.81. The molecule has 0 saturated heterocycles. The fourth-order valence-corrected chi connectivity index (χ4v) is 3.21. The number of nitrogens with zero attached hydrogens (tertiary/aromatic N) is 1. The Morgan fingerprint density at radius 2 is 2.08 bits per heavy atom. The molecule has 1 atom stereocenters. The summed E-state index contributed by atoms with van der Waals surface area (Å²) in [5.74, 6) is 0.683. The fourth-order valence-electron chi connectivity index (χ4n) is 3.21. The molecule has 0 aliphatic heterocycles. The molecule has 2 nitrogen and oxygen atoms in total. The van der Waals surface area contributed by atoms with Gasteiger partial charge in [0, 0.05) is 5.71 Å². The predicted molar refractivity (Wildman–Crippen MR) is 114 cm³/mol. The topological polar surface area (TPSA) is 24.4 Å². The minimum absolute atomic E-state index is 0.226. The Hall–Kier alpha value is -2.05. The largest absolute Gasteiger partial charge is 0.376 e. The van der Waals surface area contributed by atoms with Crippen molar-refractivity contribution in [3.05, 3.63) is 65.2 Å². The summed E-state index contributed by atoms with van der Waals surface area (Å²) in [6, 6.07) is 0.226. The maximum atomic E-state index is 4.81. The van der Waals surface area contributed by atoms with E-state index in [1.54, 1.807) is 0 Å². The van der Waals surface area contributed by atoms with Crippen molar-refractivity contribution in [2.75, 3.05) is 0 Å². The van der Waals surface area contributed by atoms with Crippen LogP contribution in [0.1, 0.15) is 66.2 Å². The third kappa shape index (κ3) is 6.35. The van der Waals surface area contributed by atoms with Gasteiger partial charge in [-0.15, -0.1) is 12.3 Å². The second-order valence-corrected chi connectivity index (χ2v) is 7.71. The molecule has 0 heterocycles. The lowest BCUT2D eigenvalue weighted by molar-refractivity contribution is 0.618. The van der Waals surface area contributed by atoms with Gasteiger partial charge in [0.05, 0.1) is 17.4 Å². The summed E-state index contributed by atoms with van der Waals surface area (Å²) in [5, 5.41) is 3.61. The quantitative estimate of drug-likeness (QED) is 0.221. The van der Waals surface area contributed by atoms with Crippen molar-refractivity contribution in [3.63, 3.8) is 0 Å². The van der Waals surface area contributed by atoms with Gasteiger partial charge in [-0.25, -0.2) is 0 Å². The second-order valence-electron chi connectivity index (χ2n) is 7.71. The van der Waals surface area contributed by atoms with Crippen molar-refractivity contribution in [2.45, 2.75) is 72.3 Å². The van der Waals surface area contributed by atoms with Gasteiger partial charge in [-0.2, -0.15) is 0 Å². The molecular formula is C24H34N2. The van der Waals surface area contributed by atoms with Crippen LogP contribution in [0.5, 0.6) is 0 Å². The number of hydrogen-bond donors (Lipinski definition) is 1. The number of nitrogens with one attached hydrogen (secondary N) is 1. The van der Waals surface area contributed by atoms with Crippen LogP contribution in [0, 0.1) is 5.92 Å². The van der Waals surface area contributed by atoms with Crippen LogP contribution in [0.3, 0.4) is 0 Å². The lowest BCUT2D eigenvalue weighted by atomic mass is 9.97. The van der Waals surface area contributed by atoms with Crippen LogP contribution in [0.25, 0.3) is 0 Å². The summed E-state index contributed by atoms with van der Waals surface area (Å²) in [7, 11) is 0. The predicted octanol–water partition coefficient (Wildman–Crippen LogP) is 6.41. The van der Waals surface area contributed by atoms with E-state index in [2.05, 4.69) is 63.2 Å². The third-order valence-electron chi connectivity index (χ3n) is 5.12. The van der Waals surface area contributed by atoms with E-state index in [1.807, 2.05) is 6.92 Å². The first-order valence-corrected chi connectivity index (χ1v) is 9.83. The standard InChI is InChI=1S/C24H34N2/c1-7-23(25-19(5)22-14-15-22)20(6)26-24-16-21(12-8-10-17(2)3)13-9-11-18(24)4/h7,9,13,22,24,26H,2,6,8,10,12,14-16H2,1,3-5H3/b23-7-,25-19?. The van der Waals surface area contributed by atoms with Gasteiger partial charge in [0.15, 0.2) is 0 Å². The smallest absolute Gasteiger partial charge is 0.0811 e. The molecule has 26 heavy (non-hydrogen) atoms. The first kappa shape index (κ1) is 20.3. The van der Waals surface area contributed by atoms with Crippen molar-refractivity contribution in [1.29, 1.82) is 0 Å². The van der Waals surface area contributed by atoms with E-state index >= 15 is 0 Å². The molecule has 1 N–H and O–H groups in total. The number of allylic oxidation sites excluding steroid dienone is 3. The Balaban J connectivity index is 2.00. The Kier molecular flexibility index (Phi) is 7.48. The normalized spacial score (nSPS) is 21.0. The van der Waals surface area contributed by atoms with Crippen LogP contribution in [-0.2, 0) is 0 Å². The van der Waals surface area contributed by atoms with Gasteiger partial charge in [-0.05, 0) is 83.8 Å². The molecule has 0 aromatic carbocycles. The molecule has 0 bridgehead atoms. The van der Waals surface area contributed by atoms with Gasteiger partial charge in [0.2, 0.25) is 0 Å². The van der Waals surface area contributed by atoms with E-state index in [4.69, 9.17) is 4.99 Å². The van der Waals surface area contributed by atoms with Gasteiger partial charge in [0.1, 0.15) is 0 Å². The van der Waals surface area contributed by atoms with Crippen molar-refractivity contribution < 1.29 is 0 Å². The highest BCUT2D eigenvalue weighted by molar-refractivity contribution is 5.87. The highest BCUT2D eigenvalue weighted by Gasteiger charge is 2.25. The molecule has 0 amide bonds. The highest BCUT2D eigenvalue weighted by atomic mass is 15.0. The van der Waals surface area contributed by atoms with Gasteiger partial charge in [0.25, 0.3) is 0 Å². The van der Waals surface area contributed by atoms with E-state index in [9.17, 15) is 0 Å². The summed E-state index contributed by atoms with van der Waals surface area (Å²) in [6.07, 6.45) is 13.2. The van der Waals surface area contributed by atoms with E-state index in [0.29, 0.717) is 5.92 Å². The van der Waals surface area contributed by atoms with Gasteiger partial charge in [-0.1, -0.05) is 29.9 Å². The van der Waals surface area contributed by atoms with E-state index in [0.717, 1.165) is 37.1 Å². The van der Waals surface area contributed by atoms with Crippen molar-refractivity contribution in [1.82, 2.24) is 5.32 Å². The molecule has 140 valence electrons. The monoisotopic (exact) mass is 350 g/mol. The zero-order valence-corrected chi connectivity index (χ0v) is 17.0. The highest BCUT2D eigenvalue weighted by Crippen LogP contribution is 2.31. The molecule has 0 aromatic rings. The lowest BCUT2D eigenvalue weighted by Crippen LogP contribution is -2.30. The van der Waals surface area contributed by atoms with Crippen molar-refractivity contribution in [2.24, 2.45) is 10.9 Å². The summed E-state index contributed by atoms with van der Waals surface area (Å²) in [6.45, 7) is 16.7. The summed E-state index contributed by atoms with van der Waals surface area (Å²) >= 11 is 0.